The summed E-state index contributed by atoms with van der Waals surface area (Å²) in [5, 5.41) is 0.827. The third-order valence-corrected chi connectivity index (χ3v) is 4.15. The second kappa shape index (κ2) is 6.28. The van der Waals surface area contributed by atoms with Gasteiger partial charge in [0.1, 0.15) is 0 Å². The van der Waals surface area contributed by atoms with Gasteiger partial charge in [-0.15, -0.1) is 11.8 Å². The molecule has 0 amide bonds. The number of halogens is 1. The van der Waals surface area contributed by atoms with Crippen molar-refractivity contribution < 1.29 is 0 Å². The largest absolute Gasteiger partial charge is 0.324 e. The summed E-state index contributed by atoms with van der Waals surface area (Å²) >= 11 is 7.92. The van der Waals surface area contributed by atoms with E-state index in [0.29, 0.717) is 0 Å². The molecule has 94 valence electrons. The Morgan fingerprint density at radius 1 is 1.17 bits per heavy atom. The van der Waals surface area contributed by atoms with Gasteiger partial charge in [0, 0.05) is 21.7 Å². The quantitative estimate of drug-likeness (QED) is 0.823. The van der Waals surface area contributed by atoms with E-state index in [1.165, 1.54) is 10.5 Å². The van der Waals surface area contributed by atoms with E-state index < -0.39 is 0 Å². The van der Waals surface area contributed by atoms with Crippen LogP contribution in [0.15, 0.2) is 53.4 Å². The third kappa shape index (κ3) is 3.52. The standard InChI is InChI=1S/C15H16ClNS/c1-11(17)12-6-4-7-14(9-12)18-10-13-5-2-3-8-15(13)16/h2-9,11H,10,17H2,1H3. The first-order valence-electron chi connectivity index (χ1n) is 5.88. The van der Waals surface area contributed by atoms with E-state index in [2.05, 4.69) is 24.3 Å². The average molecular weight is 278 g/mol. The summed E-state index contributed by atoms with van der Waals surface area (Å²) in [6.07, 6.45) is 0. The maximum atomic E-state index is 6.14. The molecule has 0 heterocycles. The zero-order chi connectivity index (χ0) is 13.0. The summed E-state index contributed by atoms with van der Waals surface area (Å²) in [5.74, 6) is 0.877. The van der Waals surface area contributed by atoms with Gasteiger partial charge in [-0.25, -0.2) is 0 Å². The van der Waals surface area contributed by atoms with E-state index >= 15 is 0 Å². The average Bonchev–Trinajstić information content (AvgIpc) is 2.38. The highest BCUT2D eigenvalue weighted by Gasteiger charge is 2.03. The molecule has 1 atom stereocenters. The van der Waals surface area contributed by atoms with Crippen LogP contribution in [0.3, 0.4) is 0 Å². The van der Waals surface area contributed by atoms with Gasteiger partial charge in [-0.05, 0) is 36.2 Å². The monoisotopic (exact) mass is 277 g/mol. The molecule has 0 aliphatic carbocycles. The van der Waals surface area contributed by atoms with Crippen LogP contribution in [0.1, 0.15) is 24.1 Å². The fourth-order valence-corrected chi connectivity index (χ4v) is 2.91. The smallest absolute Gasteiger partial charge is 0.0446 e. The first kappa shape index (κ1) is 13.5. The predicted molar refractivity (Wildman–Crippen MR) is 80.1 cm³/mol. The molecular formula is C15H16ClNS. The van der Waals surface area contributed by atoms with Crippen LogP contribution >= 0.6 is 23.4 Å². The molecule has 0 bridgehead atoms. The topological polar surface area (TPSA) is 26.0 Å². The Morgan fingerprint density at radius 3 is 2.67 bits per heavy atom. The van der Waals surface area contributed by atoms with Gasteiger partial charge in [-0.2, -0.15) is 0 Å². The van der Waals surface area contributed by atoms with Crippen molar-refractivity contribution in [3.63, 3.8) is 0 Å². The molecule has 2 rings (SSSR count). The van der Waals surface area contributed by atoms with Crippen molar-refractivity contribution in [2.75, 3.05) is 0 Å². The van der Waals surface area contributed by atoms with Crippen LogP contribution in [0.5, 0.6) is 0 Å². The Bertz CT molecular complexity index is 525. The molecule has 2 aromatic rings. The zero-order valence-corrected chi connectivity index (χ0v) is 11.8. The van der Waals surface area contributed by atoms with Crippen LogP contribution in [0.2, 0.25) is 5.02 Å². The van der Waals surface area contributed by atoms with Gasteiger partial charge in [0.2, 0.25) is 0 Å². The van der Waals surface area contributed by atoms with Gasteiger partial charge in [0.05, 0.1) is 0 Å². The summed E-state index contributed by atoms with van der Waals surface area (Å²) in [6.45, 7) is 2.00. The molecule has 0 spiro atoms. The molecule has 0 saturated carbocycles. The minimum atomic E-state index is 0.0749. The van der Waals surface area contributed by atoms with Crippen LogP contribution in [-0.2, 0) is 5.75 Å². The summed E-state index contributed by atoms with van der Waals surface area (Å²) in [6, 6.07) is 16.4. The predicted octanol–water partition coefficient (Wildman–Crippen LogP) is 4.65. The second-order valence-corrected chi connectivity index (χ2v) is 5.70. The van der Waals surface area contributed by atoms with Gasteiger partial charge >= 0.3 is 0 Å². The Balaban J connectivity index is 2.07. The molecule has 3 heteroatoms. The number of nitrogens with two attached hydrogens (primary N) is 1. The van der Waals surface area contributed by atoms with E-state index in [1.807, 2.05) is 31.2 Å². The van der Waals surface area contributed by atoms with Crippen molar-refractivity contribution in [2.24, 2.45) is 5.73 Å². The number of thioether (sulfide) groups is 1. The lowest BCUT2D eigenvalue weighted by molar-refractivity contribution is 0.815. The van der Waals surface area contributed by atoms with Gasteiger partial charge in [0.15, 0.2) is 0 Å². The Morgan fingerprint density at radius 2 is 1.94 bits per heavy atom. The van der Waals surface area contributed by atoms with E-state index in [4.69, 9.17) is 17.3 Å². The molecule has 0 aliphatic rings. The molecule has 0 saturated heterocycles. The van der Waals surface area contributed by atoms with E-state index in [9.17, 15) is 0 Å². The van der Waals surface area contributed by atoms with Crippen molar-refractivity contribution in [3.05, 3.63) is 64.7 Å². The first-order valence-corrected chi connectivity index (χ1v) is 7.25. The van der Waals surface area contributed by atoms with Crippen LogP contribution in [0, 0.1) is 0 Å². The molecular weight excluding hydrogens is 262 g/mol. The molecule has 2 N–H and O–H groups in total. The molecule has 0 aliphatic heterocycles. The number of rotatable bonds is 4. The maximum absolute atomic E-state index is 6.14. The van der Waals surface area contributed by atoms with Crippen LogP contribution in [-0.4, -0.2) is 0 Å². The minimum absolute atomic E-state index is 0.0749. The van der Waals surface area contributed by atoms with Gasteiger partial charge < -0.3 is 5.73 Å². The highest BCUT2D eigenvalue weighted by Crippen LogP contribution is 2.27. The molecule has 2 aromatic carbocycles. The molecule has 0 fully saturated rings. The molecule has 1 unspecified atom stereocenters. The highest BCUT2D eigenvalue weighted by molar-refractivity contribution is 7.98. The molecule has 0 aromatic heterocycles. The van der Waals surface area contributed by atoms with Crippen molar-refractivity contribution in [3.8, 4) is 0 Å². The zero-order valence-electron chi connectivity index (χ0n) is 10.3. The fourth-order valence-electron chi connectivity index (χ4n) is 1.66. The van der Waals surface area contributed by atoms with Gasteiger partial charge in [0.25, 0.3) is 0 Å². The summed E-state index contributed by atoms with van der Waals surface area (Å²) in [7, 11) is 0. The Labute approximate surface area is 117 Å². The summed E-state index contributed by atoms with van der Waals surface area (Å²) < 4.78 is 0. The first-order chi connectivity index (χ1) is 8.66. The normalized spacial score (nSPS) is 12.4. The SMILES string of the molecule is CC(N)c1cccc(SCc2ccccc2Cl)c1. The van der Waals surface area contributed by atoms with E-state index in [-0.39, 0.29) is 6.04 Å². The van der Waals surface area contributed by atoms with Crippen molar-refractivity contribution in [2.45, 2.75) is 23.6 Å². The van der Waals surface area contributed by atoms with E-state index in [0.717, 1.165) is 16.3 Å². The van der Waals surface area contributed by atoms with Crippen molar-refractivity contribution >= 4 is 23.4 Å². The highest BCUT2D eigenvalue weighted by atomic mass is 35.5. The third-order valence-electron chi connectivity index (χ3n) is 2.74. The molecule has 1 nitrogen and oxygen atoms in total. The lowest BCUT2D eigenvalue weighted by Gasteiger charge is -2.08. The number of hydrogen-bond donors (Lipinski definition) is 1. The molecule has 0 radical (unpaired) electrons. The Kier molecular flexibility index (Phi) is 4.70. The summed E-state index contributed by atoms with van der Waals surface area (Å²) in [5.41, 5.74) is 8.21. The maximum Gasteiger partial charge on any atom is 0.0446 e. The minimum Gasteiger partial charge on any atom is -0.324 e. The van der Waals surface area contributed by atoms with Crippen LogP contribution in [0.25, 0.3) is 0 Å². The summed E-state index contributed by atoms with van der Waals surface area (Å²) in [4.78, 5) is 1.23. The fraction of sp³-hybridized carbons (Fsp3) is 0.200. The second-order valence-electron chi connectivity index (χ2n) is 4.24. The lowest BCUT2D eigenvalue weighted by atomic mass is 10.1. The number of benzene rings is 2. The Hall–Kier alpha value is -0.960. The van der Waals surface area contributed by atoms with Gasteiger partial charge in [-0.3, -0.25) is 0 Å². The van der Waals surface area contributed by atoms with Crippen LogP contribution < -0.4 is 5.73 Å². The van der Waals surface area contributed by atoms with Crippen LogP contribution in [0.4, 0.5) is 0 Å². The van der Waals surface area contributed by atoms with Crippen molar-refractivity contribution in [1.82, 2.24) is 0 Å². The lowest BCUT2D eigenvalue weighted by Crippen LogP contribution is -2.04. The number of hydrogen-bond acceptors (Lipinski definition) is 2. The van der Waals surface area contributed by atoms with E-state index in [1.54, 1.807) is 11.8 Å². The molecule has 18 heavy (non-hydrogen) atoms. The van der Waals surface area contributed by atoms with Gasteiger partial charge in [-0.1, -0.05) is 41.9 Å². The van der Waals surface area contributed by atoms with Crippen molar-refractivity contribution in [1.29, 1.82) is 0 Å².